The van der Waals surface area contributed by atoms with Gasteiger partial charge in [-0.25, -0.2) is 4.98 Å². The van der Waals surface area contributed by atoms with Gasteiger partial charge in [-0.05, 0) is 33.6 Å². The summed E-state index contributed by atoms with van der Waals surface area (Å²) >= 11 is 1.74. The summed E-state index contributed by atoms with van der Waals surface area (Å²) in [6.45, 7) is 9.42. The summed E-state index contributed by atoms with van der Waals surface area (Å²) in [6.07, 6.45) is 2.71. The third kappa shape index (κ3) is 4.44. The van der Waals surface area contributed by atoms with Gasteiger partial charge in [-0.2, -0.15) is 0 Å². The highest BCUT2D eigenvalue weighted by Gasteiger charge is 2.21. The summed E-state index contributed by atoms with van der Waals surface area (Å²) in [7, 11) is 1.80. The van der Waals surface area contributed by atoms with Crippen LogP contribution in [0, 0.1) is 0 Å². The minimum absolute atomic E-state index is 0.135. The van der Waals surface area contributed by atoms with Gasteiger partial charge in [0.2, 0.25) is 0 Å². The van der Waals surface area contributed by atoms with E-state index in [0.29, 0.717) is 6.10 Å². The van der Waals surface area contributed by atoms with E-state index in [2.05, 4.69) is 36.4 Å². The summed E-state index contributed by atoms with van der Waals surface area (Å²) < 4.78 is 5.46. The number of aromatic nitrogens is 1. The molecule has 1 fully saturated rings. The number of methoxy groups -OCH3 is 1. The molecule has 1 unspecified atom stereocenters. The lowest BCUT2D eigenvalue weighted by molar-refractivity contribution is 0.0893. The molecule has 0 radical (unpaired) electrons. The maximum atomic E-state index is 5.46. The van der Waals surface area contributed by atoms with Crippen LogP contribution < -0.4 is 10.2 Å². The Morgan fingerprint density at radius 1 is 1.53 bits per heavy atom. The topological polar surface area (TPSA) is 37.4 Å². The number of ether oxygens (including phenoxy) is 1. The molecule has 0 aliphatic carbocycles. The largest absolute Gasteiger partial charge is 0.380 e. The molecule has 0 aromatic carbocycles. The molecule has 1 aromatic rings. The van der Waals surface area contributed by atoms with Crippen molar-refractivity contribution in [1.29, 1.82) is 0 Å². The predicted molar refractivity (Wildman–Crippen MR) is 81.0 cm³/mol. The van der Waals surface area contributed by atoms with Crippen LogP contribution in [0.4, 0.5) is 5.13 Å². The van der Waals surface area contributed by atoms with E-state index in [1.807, 2.05) is 0 Å². The van der Waals surface area contributed by atoms with Gasteiger partial charge in [0, 0.05) is 37.7 Å². The van der Waals surface area contributed by atoms with Crippen molar-refractivity contribution in [3.63, 3.8) is 0 Å². The molecule has 0 bridgehead atoms. The molecule has 108 valence electrons. The van der Waals surface area contributed by atoms with Crippen LogP contribution in [-0.2, 0) is 11.3 Å². The molecule has 0 saturated carbocycles. The summed E-state index contributed by atoms with van der Waals surface area (Å²) in [5.74, 6) is 0. The summed E-state index contributed by atoms with van der Waals surface area (Å²) in [4.78, 5) is 7.08. The van der Waals surface area contributed by atoms with Crippen LogP contribution in [0.3, 0.4) is 0 Å². The van der Waals surface area contributed by atoms with Crippen LogP contribution in [0.5, 0.6) is 0 Å². The average Bonchev–Trinajstić information content (AvgIpc) is 2.84. The van der Waals surface area contributed by atoms with Crippen LogP contribution in [0.25, 0.3) is 0 Å². The van der Waals surface area contributed by atoms with Crippen LogP contribution in [-0.4, -0.2) is 36.8 Å². The van der Waals surface area contributed by atoms with E-state index in [-0.39, 0.29) is 5.54 Å². The van der Waals surface area contributed by atoms with E-state index in [9.17, 15) is 0 Å². The van der Waals surface area contributed by atoms with Gasteiger partial charge in [0.1, 0.15) is 0 Å². The fourth-order valence-electron chi connectivity index (χ4n) is 2.18. The van der Waals surface area contributed by atoms with Gasteiger partial charge in [0.05, 0.1) is 11.8 Å². The van der Waals surface area contributed by atoms with Gasteiger partial charge >= 0.3 is 0 Å². The fourth-order valence-corrected chi connectivity index (χ4v) is 3.05. The van der Waals surface area contributed by atoms with Crippen LogP contribution in [0.1, 0.15) is 39.3 Å². The molecule has 19 heavy (non-hydrogen) atoms. The molecule has 4 nitrogen and oxygen atoms in total. The molecular weight excluding hydrogens is 258 g/mol. The van der Waals surface area contributed by atoms with Crippen molar-refractivity contribution in [2.75, 3.05) is 25.1 Å². The Kier molecular flexibility index (Phi) is 4.81. The molecule has 1 aliphatic heterocycles. The molecule has 1 atom stereocenters. The zero-order valence-electron chi connectivity index (χ0n) is 12.4. The Morgan fingerprint density at radius 2 is 2.32 bits per heavy atom. The Labute approximate surface area is 120 Å². The summed E-state index contributed by atoms with van der Waals surface area (Å²) in [6, 6.07) is 0. The van der Waals surface area contributed by atoms with E-state index >= 15 is 0 Å². The molecule has 1 aromatic heterocycles. The Morgan fingerprint density at radius 3 is 3.00 bits per heavy atom. The molecule has 1 saturated heterocycles. The molecule has 2 heterocycles. The van der Waals surface area contributed by atoms with Crippen molar-refractivity contribution in [3.05, 3.63) is 11.1 Å². The van der Waals surface area contributed by atoms with Gasteiger partial charge in [-0.15, -0.1) is 11.3 Å². The fraction of sp³-hybridized carbons (Fsp3) is 0.786. The highest BCUT2D eigenvalue weighted by molar-refractivity contribution is 7.13. The van der Waals surface area contributed by atoms with Crippen molar-refractivity contribution in [2.45, 2.75) is 51.8 Å². The second-order valence-corrected chi connectivity index (χ2v) is 7.01. The highest BCUT2D eigenvalue weighted by Crippen LogP contribution is 2.25. The number of thiazole rings is 1. The summed E-state index contributed by atoms with van der Waals surface area (Å²) in [5, 5.41) is 6.76. The number of hydrogen-bond acceptors (Lipinski definition) is 5. The van der Waals surface area contributed by atoms with Crippen molar-refractivity contribution in [3.8, 4) is 0 Å². The van der Waals surface area contributed by atoms with E-state index in [4.69, 9.17) is 9.72 Å². The van der Waals surface area contributed by atoms with Gasteiger partial charge < -0.3 is 15.0 Å². The van der Waals surface area contributed by atoms with Crippen LogP contribution in [0.15, 0.2) is 5.38 Å². The number of hydrogen-bond donors (Lipinski definition) is 1. The Balaban J connectivity index is 1.93. The molecule has 1 aliphatic rings. The first-order chi connectivity index (χ1) is 8.98. The van der Waals surface area contributed by atoms with Gasteiger partial charge in [0.25, 0.3) is 0 Å². The zero-order chi connectivity index (χ0) is 13.9. The Hall–Kier alpha value is -0.650. The van der Waals surface area contributed by atoms with Gasteiger partial charge in [-0.1, -0.05) is 0 Å². The second kappa shape index (κ2) is 6.20. The number of piperidine rings is 1. The first-order valence-corrected chi connectivity index (χ1v) is 7.83. The minimum Gasteiger partial charge on any atom is -0.380 e. The molecule has 2 rings (SSSR count). The lowest BCUT2D eigenvalue weighted by atomic mass is 10.1. The van der Waals surface area contributed by atoms with Crippen LogP contribution in [0.2, 0.25) is 0 Å². The average molecular weight is 283 g/mol. The van der Waals surface area contributed by atoms with Crippen molar-refractivity contribution in [2.24, 2.45) is 0 Å². The Bertz CT molecular complexity index is 400. The smallest absolute Gasteiger partial charge is 0.185 e. The minimum atomic E-state index is 0.135. The zero-order valence-corrected chi connectivity index (χ0v) is 13.2. The van der Waals surface area contributed by atoms with Crippen molar-refractivity contribution in [1.82, 2.24) is 10.3 Å². The molecule has 0 amide bonds. The molecular formula is C14H25N3OS. The van der Waals surface area contributed by atoms with E-state index in [1.165, 1.54) is 6.42 Å². The predicted octanol–water partition coefficient (Wildman–Crippen LogP) is 2.65. The summed E-state index contributed by atoms with van der Waals surface area (Å²) in [5.41, 5.74) is 1.27. The lowest BCUT2D eigenvalue weighted by Crippen LogP contribution is -2.39. The van der Waals surface area contributed by atoms with E-state index < -0.39 is 0 Å². The highest BCUT2D eigenvalue weighted by atomic mass is 32.1. The maximum absolute atomic E-state index is 5.46. The van der Waals surface area contributed by atoms with E-state index in [0.717, 1.165) is 36.9 Å². The molecule has 1 N–H and O–H groups in total. The second-order valence-electron chi connectivity index (χ2n) is 6.17. The number of nitrogens with zero attached hydrogens (tertiary/aromatic N) is 2. The van der Waals surface area contributed by atoms with Gasteiger partial charge in [0.15, 0.2) is 5.13 Å². The molecule has 0 spiro atoms. The number of rotatable bonds is 4. The van der Waals surface area contributed by atoms with E-state index in [1.54, 1.807) is 18.4 Å². The quantitative estimate of drug-likeness (QED) is 0.922. The van der Waals surface area contributed by atoms with Gasteiger partial charge in [-0.3, -0.25) is 0 Å². The third-order valence-electron chi connectivity index (χ3n) is 3.32. The molecule has 5 heteroatoms. The number of anilines is 1. The first kappa shape index (κ1) is 14.8. The lowest BCUT2D eigenvalue weighted by Gasteiger charge is -2.31. The number of nitrogens with one attached hydrogen (secondary N) is 1. The monoisotopic (exact) mass is 283 g/mol. The normalized spacial score (nSPS) is 20.8. The van der Waals surface area contributed by atoms with Crippen molar-refractivity contribution < 1.29 is 4.74 Å². The third-order valence-corrected chi connectivity index (χ3v) is 4.27. The standard InChI is InChI=1S/C14H25N3OS/c1-14(2,3)15-8-11-10-19-13(16-11)17-7-5-6-12(9-17)18-4/h10,12,15H,5-9H2,1-4H3. The first-order valence-electron chi connectivity index (χ1n) is 6.95. The SMILES string of the molecule is COC1CCCN(c2nc(CNC(C)(C)C)cs2)C1. The van der Waals surface area contributed by atoms with Crippen molar-refractivity contribution >= 4 is 16.5 Å². The van der Waals surface area contributed by atoms with Crippen LogP contribution >= 0.6 is 11.3 Å². The maximum Gasteiger partial charge on any atom is 0.185 e.